The summed E-state index contributed by atoms with van der Waals surface area (Å²) in [6.07, 6.45) is 3.58. The molecule has 5 heterocycles. The highest BCUT2D eigenvalue weighted by Gasteiger charge is 2.33. The van der Waals surface area contributed by atoms with E-state index in [0.29, 0.717) is 6.04 Å². The third kappa shape index (κ3) is 3.01. The van der Waals surface area contributed by atoms with Crippen LogP contribution in [0.3, 0.4) is 0 Å². The van der Waals surface area contributed by atoms with Crippen LogP contribution in [0.1, 0.15) is 32.4 Å². The maximum atomic E-state index is 4.82. The smallest absolute Gasteiger partial charge is 0.178 e. The van der Waals surface area contributed by atoms with Crippen LogP contribution in [0, 0.1) is 6.92 Å². The van der Waals surface area contributed by atoms with Crippen molar-refractivity contribution in [2.24, 2.45) is 0 Å². The van der Waals surface area contributed by atoms with Crippen LogP contribution in [-0.2, 0) is 5.41 Å². The number of aromatic nitrogens is 7. The van der Waals surface area contributed by atoms with E-state index in [4.69, 9.17) is 10.1 Å². The Morgan fingerprint density at radius 2 is 1.87 bits per heavy atom. The summed E-state index contributed by atoms with van der Waals surface area (Å²) in [5.41, 5.74) is 1.52. The van der Waals surface area contributed by atoms with Gasteiger partial charge in [0.25, 0.3) is 0 Å². The van der Waals surface area contributed by atoms with Gasteiger partial charge >= 0.3 is 0 Å². The summed E-state index contributed by atoms with van der Waals surface area (Å²) < 4.78 is 1.86. The first kappa shape index (κ1) is 18.7. The van der Waals surface area contributed by atoms with E-state index in [2.05, 4.69) is 57.8 Å². The standard InChI is InChI=1S/C21H25N9/c1-13-23-16-10-22-9-8-15(16)19(24-13)28(5)14-11-29(12-14)18-7-6-17-25-26-20(21(2,3)4)30(17)27-18/h6-10,14H,11-12H2,1-5H3. The summed E-state index contributed by atoms with van der Waals surface area (Å²) in [5.74, 6) is 3.50. The van der Waals surface area contributed by atoms with Crippen molar-refractivity contribution in [2.75, 3.05) is 29.9 Å². The van der Waals surface area contributed by atoms with Crippen molar-refractivity contribution in [1.29, 1.82) is 0 Å². The molecule has 30 heavy (non-hydrogen) atoms. The lowest BCUT2D eigenvalue weighted by molar-refractivity contribution is 0.483. The molecular formula is C21H25N9. The number of pyridine rings is 1. The van der Waals surface area contributed by atoms with Gasteiger partial charge in [0.1, 0.15) is 17.5 Å². The number of hydrogen-bond donors (Lipinski definition) is 0. The third-order valence-electron chi connectivity index (χ3n) is 5.58. The topological polar surface area (TPSA) is 88.2 Å². The monoisotopic (exact) mass is 403 g/mol. The molecule has 9 heteroatoms. The molecule has 154 valence electrons. The normalized spacial score (nSPS) is 15.0. The van der Waals surface area contributed by atoms with Gasteiger partial charge in [0, 0.05) is 37.1 Å². The van der Waals surface area contributed by atoms with Crippen LogP contribution in [0.5, 0.6) is 0 Å². The summed E-state index contributed by atoms with van der Waals surface area (Å²) in [6.45, 7) is 10.0. The molecule has 0 unspecified atom stereocenters. The van der Waals surface area contributed by atoms with Crippen LogP contribution < -0.4 is 9.80 Å². The van der Waals surface area contributed by atoms with Crippen molar-refractivity contribution in [3.8, 4) is 0 Å². The van der Waals surface area contributed by atoms with Crippen molar-refractivity contribution >= 4 is 28.2 Å². The number of hydrogen-bond acceptors (Lipinski definition) is 8. The Balaban J connectivity index is 1.39. The minimum atomic E-state index is -0.122. The molecule has 1 aliphatic rings. The fourth-order valence-corrected chi connectivity index (χ4v) is 3.82. The molecule has 0 bridgehead atoms. The number of anilines is 2. The molecule has 0 saturated carbocycles. The Morgan fingerprint density at radius 1 is 1.07 bits per heavy atom. The highest BCUT2D eigenvalue weighted by Crippen LogP contribution is 2.29. The van der Waals surface area contributed by atoms with Crippen molar-refractivity contribution in [2.45, 2.75) is 39.2 Å². The first-order valence-corrected chi connectivity index (χ1v) is 10.1. The molecule has 0 N–H and O–H groups in total. The zero-order valence-electron chi connectivity index (χ0n) is 17.9. The molecule has 1 fully saturated rings. The molecule has 4 aromatic heterocycles. The first-order chi connectivity index (χ1) is 14.3. The van der Waals surface area contributed by atoms with Gasteiger partial charge < -0.3 is 9.80 Å². The van der Waals surface area contributed by atoms with E-state index < -0.39 is 0 Å². The molecule has 5 rings (SSSR count). The molecule has 0 aromatic carbocycles. The minimum Gasteiger partial charge on any atom is -0.352 e. The average molecular weight is 403 g/mol. The molecule has 9 nitrogen and oxygen atoms in total. The summed E-state index contributed by atoms with van der Waals surface area (Å²) in [6, 6.07) is 6.32. The zero-order chi connectivity index (χ0) is 21.0. The lowest BCUT2D eigenvalue weighted by Gasteiger charge is -2.45. The van der Waals surface area contributed by atoms with Crippen LogP contribution in [-0.4, -0.2) is 60.9 Å². The molecule has 0 atom stereocenters. The van der Waals surface area contributed by atoms with Gasteiger partial charge in [0.2, 0.25) is 0 Å². The summed E-state index contributed by atoms with van der Waals surface area (Å²) >= 11 is 0. The lowest BCUT2D eigenvalue weighted by Crippen LogP contribution is -2.59. The minimum absolute atomic E-state index is 0.122. The van der Waals surface area contributed by atoms with E-state index in [1.807, 2.05) is 29.6 Å². The quantitative estimate of drug-likeness (QED) is 0.515. The van der Waals surface area contributed by atoms with Crippen molar-refractivity contribution in [3.63, 3.8) is 0 Å². The second-order valence-corrected chi connectivity index (χ2v) is 8.89. The Labute approximate surface area is 174 Å². The van der Waals surface area contributed by atoms with Gasteiger partial charge in [0.15, 0.2) is 11.5 Å². The largest absolute Gasteiger partial charge is 0.352 e. The Bertz CT molecular complexity index is 1230. The molecule has 0 spiro atoms. The molecule has 1 aliphatic heterocycles. The molecule has 0 amide bonds. The molecule has 1 saturated heterocycles. The fourth-order valence-electron chi connectivity index (χ4n) is 3.82. The van der Waals surface area contributed by atoms with E-state index in [0.717, 1.165) is 52.9 Å². The average Bonchev–Trinajstić information content (AvgIpc) is 3.09. The van der Waals surface area contributed by atoms with Gasteiger partial charge in [-0.2, -0.15) is 4.52 Å². The van der Waals surface area contributed by atoms with E-state index in [-0.39, 0.29) is 5.41 Å². The number of nitrogens with zero attached hydrogens (tertiary/aromatic N) is 9. The van der Waals surface area contributed by atoms with Crippen LogP contribution >= 0.6 is 0 Å². The predicted molar refractivity (Wildman–Crippen MR) is 116 cm³/mol. The highest BCUT2D eigenvalue weighted by molar-refractivity contribution is 5.89. The summed E-state index contributed by atoms with van der Waals surface area (Å²) in [5, 5.41) is 14.4. The summed E-state index contributed by atoms with van der Waals surface area (Å²) in [7, 11) is 2.10. The van der Waals surface area contributed by atoms with Crippen LogP contribution in [0.25, 0.3) is 16.6 Å². The van der Waals surface area contributed by atoms with Crippen molar-refractivity contribution in [3.05, 3.63) is 42.2 Å². The SMILES string of the molecule is Cc1nc(N(C)C2CN(c3ccc4nnc(C(C)(C)C)n4n3)C2)c2ccncc2n1. The molecular weight excluding hydrogens is 378 g/mol. The van der Waals surface area contributed by atoms with Gasteiger partial charge in [-0.05, 0) is 25.1 Å². The second-order valence-electron chi connectivity index (χ2n) is 8.89. The first-order valence-electron chi connectivity index (χ1n) is 10.1. The third-order valence-corrected chi connectivity index (χ3v) is 5.58. The van der Waals surface area contributed by atoms with E-state index in [9.17, 15) is 0 Å². The Morgan fingerprint density at radius 3 is 2.63 bits per heavy atom. The fraction of sp³-hybridized carbons (Fsp3) is 0.429. The number of likely N-dealkylation sites (N-methyl/N-ethyl adjacent to an activating group) is 1. The molecule has 4 aromatic rings. The van der Waals surface area contributed by atoms with Gasteiger partial charge in [-0.3, -0.25) is 4.98 Å². The van der Waals surface area contributed by atoms with E-state index >= 15 is 0 Å². The number of fused-ring (bicyclic) bond motifs is 2. The lowest BCUT2D eigenvalue weighted by atomic mass is 9.96. The van der Waals surface area contributed by atoms with Gasteiger partial charge in [-0.15, -0.1) is 15.3 Å². The van der Waals surface area contributed by atoms with Crippen molar-refractivity contribution < 1.29 is 0 Å². The Hall–Kier alpha value is -3.36. The molecule has 0 radical (unpaired) electrons. The van der Waals surface area contributed by atoms with Crippen LogP contribution in [0.15, 0.2) is 30.6 Å². The van der Waals surface area contributed by atoms with Crippen LogP contribution in [0.4, 0.5) is 11.6 Å². The van der Waals surface area contributed by atoms with E-state index in [1.165, 1.54) is 0 Å². The number of rotatable bonds is 3. The number of aryl methyl sites for hydroxylation is 1. The second kappa shape index (κ2) is 6.58. The van der Waals surface area contributed by atoms with E-state index in [1.54, 1.807) is 12.4 Å². The highest BCUT2D eigenvalue weighted by atomic mass is 15.4. The van der Waals surface area contributed by atoms with Crippen molar-refractivity contribution in [1.82, 2.24) is 34.8 Å². The van der Waals surface area contributed by atoms with Gasteiger partial charge in [-0.25, -0.2) is 9.97 Å². The maximum Gasteiger partial charge on any atom is 0.178 e. The maximum absolute atomic E-state index is 4.82. The summed E-state index contributed by atoms with van der Waals surface area (Å²) in [4.78, 5) is 17.9. The van der Waals surface area contributed by atoms with Gasteiger partial charge in [0.05, 0.1) is 17.8 Å². The predicted octanol–water partition coefficient (Wildman–Crippen LogP) is 2.39. The van der Waals surface area contributed by atoms with Gasteiger partial charge in [-0.1, -0.05) is 20.8 Å². The van der Waals surface area contributed by atoms with Crippen LogP contribution in [0.2, 0.25) is 0 Å². The Kier molecular flexibility index (Phi) is 4.09. The molecule has 0 aliphatic carbocycles. The zero-order valence-corrected chi connectivity index (χ0v) is 17.9.